The maximum Gasteiger partial charge on any atom is 0.197 e. The van der Waals surface area contributed by atoms with Crippen molar-refractivity contribution in [2.45, 2.75) is 78.2 Å². The average molecular weight is 646 g/mol. The monoisotopic (exact) mass is 645 g/mol. The topological polar surface area (TPSA) is 70.7 Å². The van der Waals surface area contributed by atoms with Gasteiger partial charge in [0.2, 0.25) is 0 Å². The molecular weight excluding hydrogens is 603 g/mol. The van der Waals surface area contributed by atoms with Crippen LogP contribution in [0.15, 0.2) is 101 Å². The van der Waals surface area contributed by atoms with Crippen molar-refractivity contribution in [3.63, 3.8) is 0 Å². The number of fused-ring (bicyclic) bond motifs is 7. The molecule has 1 atom stereocenters. The normalized spacial score (nSPS) is 12.7. The van der Waals surface area contributed by atoms with Crippen LogP contribution < -0.4 is 10.9 Å². The standard InChI is InChI=1S/C44H43N3O2/c1-4-12-27-19-20-38-33(22-27)34-24-28(13-5-2)23-32(42(34)46-38)29(6-3)14-11-21-47-40-18-10-8-16-31(40)44(49)36-25-39-35(26-41(36)47)43(48)30-15-7-9-17-37(30)45-39/h7-10,15-20,22-26,29,46H,4-6,11-14,21H2,1-3H3,(H,45,48). The van der Waals surface area contributed by atoms with E-state index in [1.807, 2.05) is 60.7 Å². The Morgan fingerprint density at radius 1 is 0.592 bits per heavy atom. The molecule has 3 aromatic heterocycles. The summed E-state index contributed by atoms with van der Waals surface area (Å²) in [5.74, 6) is 0.384. The number of nitrogens with one attached hydrogen (secondary N) is 2. The summed E-state index contributed by atoms with van der Waals surface area (Å²) < 4.78 is 2.27. The molecule has 0 saturated heterocycles. The van der Waals surface area contributed by atoms with Crippen LogP contribution >= 0.6 is 0 Å². The van der Waals surface area contributed by atoms with E-state index in [9.17, 15) is 9.59 Å². The number of H-pyrrole nitrogens is 2. The lowest BCUT2D eigenvalue weighted by molar-refractivity contribution is 0.541. The van der Waals surface area contributed by atoms with Crippen molar-refractivity contribution < 1.29 is 0 Å². The van der Waals surface area contributed by atoms with E-state index in [2.05, 4.69) is 65.6 Å². The molecule has 5 nitrogen and oxygen atoms in total. The van der Waals surface area contributed by atoms with Crippen molar-refractivity contribution in [2.75, 3.05) is 0 Å². The van der Waals surface area contributed by atoms with Gasteiger partial charge in [-0.1, -0.05) is 70.0 Å². The predicted octanol–water partition coefficient (Wildman–Crippen LogP) is 10.7. The number of hydrogen-bond acceptors (Lipinski definition) is 2. The van der Waals surface area contributed by atoms with Crippen LogP contribution in [0.4, 0.5) is 0 Å². The minimum absolute atomic E-state index is 0.000212. The minimum atomic E-state index is -0.0133. The Hall–Kier alpha value is -5.16. The van der Waals surface area contributed by atoms with Crippen molar-refractivity contribution >= 4 is 65.4 Å². The van der Waals surface area contributed by atoms with Gasteiger partial charge in [-0.3, -0.25) is 9.59 Å². The number of hydrogen-bond donors (Lipinski definition) is 2. The molecular formula is C44H43N3O2. The Morgan fingerprint density at radius 2 is 1.31 bits per heavy atom. The highest BCUT2D eigenvalue weighted by Gasteiger charge is 2.19. The molecule has 0 amide bonds. The summed E-state index contributed by atoms with van der Waals surface area (Å²) in [6.07, 6.45) is 7.41. The Kier molecular flexibility index (Phi) is 8.07. The van der Waals surface area contributed by atoms with Gasteiger partial charge in [0, 0.05) is 55.4 Å². The molecule has 49 heavy (non-hydrogen) atoms. The maximum atomic E-state index is 13.9. The van der Waals surface area contributed by atoms with Gasteiger partial charge in [0.25, 0.3) is 0 Å². The molecule has 0 aliphatic heterocycles. The fraction of sp³-hybridized carbons (Fsp3) is 0.273. The third-order valence-corrected chi connectivity index (χ3v) is 10.6. The highest BCUT2D eigenvalue weighted by Crippen LogP contribution is 2.37. The minimum Gasteiger partial charge on any atom is -0.354 e. The van der Waals surface area contributed by atoms with Crippen LogP contribution in [-0.4, -0.2) is 14.5 Å². The second-order valence-electron chi connectivity index (χ2n) is 13.8. The number of pyridine rings is 2. The first-order valence-electron chi connectivity index (χ1n) is 18.1. The number of aromatic amines is 2. The number of aromatic nitrogens is 3. The Morgan fingerprint density at radius 3 is 2.12 bits per heavy atom. The Balaban J connectivity index is 1.21. The summed E-state index contributed by atoms with van der Waals surface area (Å²) in [6, 6.07) is 31.1. The fourth-order valence-electron chi connectivity index (χ4n) is 8.19. The van der Waals surface area contributed by atoms with Crippen molar-refractivity contribution in [3.8, 4) is 0 Å². The quantitative estimate of drug-likeness (QED) is 0.145. The fourth-order valence-corrected chi connectivity index (χ4v) is 8.19. The second kappa shape index (κ2) is 12.7. The van der Waals surface area contributed by atoms with Crippen LogP contribution in [0.2, 0.25) is 0 Å². The lowest BCUT2D eigenvalue weighted by Crippen LogP contribution is -2.14. The van der Waals surface area contributed by atoms with Crippen molar-refractivity contribution in [2.24, 2.45) is 0 Å². The molecule has 8 aromatic rings. The molecule has 0 bridgehead atoms. The zero-order valence-corrected chi connectivity index (χ0v) is 28.7. The van der Waals surface area contributed by atoms with Gasteiger partial charge < -0.3 is 14.5 Å². The summed E-state index contributed by atoms with van der Waals surface area (Å²) in [5.41, 5.74) is 9.88. The molecule has 2 N–H and O–H groups in total. The summed E-state index contributed by atoms with van der Waals surface area (Å²) in [4.78, 5) is 34.8. The van der Waals surface area contributed by atoms with Gasteiger partial charge in [-0.05, 0) is 109 Å². The molecule has 5 aromatic carbocycles. The maximum absolute atomic E-state index is 13.9. The van der Waals surface area contributed by atoms with Gasteiger partial charge in [0.15, 0.2) is 10.9 Å². The highest BCUT2D eigenvalue weighted by atomic mass is 16.1. The first-order valence-corrected chi connectivity index (χ1v) is 18.1. The average Bonchev–Trinajstić information content (AvgIpc) is 3.49. The third kappa shape index (κ3) is 5.32. The Labute approximate surface area is 285 Å². The van der Waals surface area contributed by atoms with Crippen molar-refractivity contribution in [1.82, 2.24) is 14.5 Å². The van der Waals surface area contributed by atoms with Crippen LogP contribution in [-0.2, 0) is 19.4 Å². The molecule has 0 saturated carbocycles. The molecule has 3 heterocycles. The molecule has 0 fully saturated rings. The molecule has 1 unspecified atom stereocenters. The van der Waals surface area contributed by atoms with Crippen LogP contribution in [0.5, 0.6) is 0 Å². The number of para-hydroxylation sites is 2. The number of benzene rings is 5. The largest absolute Gasteiger partial charge is 0.354 e. The summed E-state index contributed by atoms with van der Waals surface area (Å²) in [5, 5.41) is 5.28. The van der Waals surface area contributed by atoms with E-state index in [1.54, 1.807) is 0 Å². The van der Waals surface area contributed by atoms with E-state index >= 15 is 0 Å². The summed E-state index contributed by atoms with van der Waals surface area (Å²) >= 11 is 0. The smallest absolute Gasteiger partial charge is 0.197 e. The highest BCUT2D eigenvalue weighted by molar-refractivity contribution is 6.09. The van der Waals surface area contributed by atoms with Crippen molar-refractivity contribution in [3.05, 3.63) is 128 Å². The predicted molar refractivity (Wildman–Crippen MR) is 207 cm³/mol. The zero-order chi connectivity index (χ0) is 33.6. The molecule has 246 valence electrons. The number of nitrogens with zero attached hydrogens (tertiary/aromatic N) is 1. The molecule has 0 spiro atoms. The van der Waals surface area contributed by atoms with Crippen LogP contribution in [0.3, 0.4) is 0 Å². The van der Waals surface area contributed by atoms with Crippen LogP contribution in [0, 0.1) is 0 Å². The first-order chi connectivity index (χ1) is 24.0. The molecule has 0 aliphatic carbocycles. The van der Waals surface area contributed by atoms with Crippen LogP contribution in [0.25, 0.3) is 65.4 Å². The van der Waals surface area contributed by atoms with E-state index in [0.717, 1.165) is 68.0 Å². The summed E-state index contributed by atoms with van der Waals surface area (Å²) in [6.45, 7) is 7.55. The second-order valence-corrected chi connectivity index (χ2v) is 13.8. The molecule has 0 aliphatic rings. The number of rotatable bonds is 10. The van der Waals surface area contributed by atoms with E-state index in [1.165, 1.54) is 38.5 Å². The van der Waals surface area contributed by atoms with E-state index in [0.29, 0.717) is 33.0 Å². The third-order valence-electron chi connectivity index (χ3n) is 10.6. The van der Waals surface area contributed by atoms with Gasteiger partial charge in [-0.15, -0.1) is 0 Å². The SMILES string of the molecule is CCCc1ccc2[nH]c3c(C(CC)CCCn4c5ccccc5c(=O)c5cc6[nH]c7ccccc7c(=O)c6cc54)cc(CCC)cc3c2c1. The zero-order valence-electron chi connectivity index (χ0n) is 28.7. The van der Waals surface area contributed by atoms with E-state index in [4.69, 9.17) is 0 Å². The molecule has 5 heteroatoms. The lowest BCUT2D eigenvalue weighted by Gasteiger charge is -2.20. The lowest BCUT2D eigenvalue weighted by atomic mass is 9.88. The molecule has 8 rings (SSSR count). The van der Waals surface area contributed by atoms with Gasteiger partial charge in [-0.2, -0.15) is 0 Å². The number of aryl methyl sites for hydroxylation is 3. The van der Waals surface area contributed by atoms with E-state index in [-0.39, 0.29) is 10.9 Å². The van der Waals surface area contributed by atoms with E-state index < -0.39 is 0 Å². The molecule has 0 radical (unpaired) electrons. The summed E-state index contributed by atoms with van der Waals surface area (Å²) in [7, 11) is 0. The van der Waals surface area contributed by atoms with Gasteiger partial charge in [0.1, 0.15) is 0 Å². The van der Waals surface area contributed by atoms with Crippen LogP contribution in [0.1, 0.15) is 75.5 Å². The van der Waals surface area contributed by atoms with Gasteiger partial charge in [0.05, 0.1) is 16.6 Å². The Bertz CT molecular complexity index is 2660. The van der Waals surface area contributed by atoms with Gasteiger partial charge in [-0.25, -0.2) is 0 Å². The van der Waals surface area contributed by atoms with Gasteiger partial charge >= 0.3 is 0 Å². The first kappa shape index (κ1) is 31.1. The van der Waals surface area contributed by atoms with Crippen molar-refractivity contribution in [1.29, 1.82) is 0 Å².